The Balaban J connectivity index is 1.86. The van der Waals surface area contributed by atoms with Gasteiger partial charge in [0, 0.05) is 13.6 Å². The zero-order valence-electron chi connectivity index (χ0n) is 15.4. The third kappa shape index (κ3) is 2.10. The van der Waals surface area contributed by atoms with E-state index in [-0.39, 0.29) is 11.9 Å². The van der Waals surface area contributed by atoms with Crippen molar-refractivity contribution < 1.29 is 14.2 Å². The van der Waals surface area contributed by atoms with E-state index in [9.17, 15) is 9.59 Å². The zero-order chi connectivity index (χ0) is 17.9. The third-order valence-corrected chi connectivity index (χ3v) is 6.01. The van der Waals surface area contributed by atoms with Crippen LogP contribution < -0.4 is 4.57 Å². The molecule has 1 aromatic rings. The van der Waals surface area contributed by atoms with Gasteiger partial charge in [-0.1, -0.05) is 11.4 Å². The molecule has 0 N–H and O–H groups in total. The first-order chi connectivity index (χ1) is 12.0. The number of urea groups is 1. The maximum Gasteiger partial charge on any atom is 0.402 e. The smallest absolute Gasteiger partial charge is 0.270 e. The van der Waals surface area contributed by atoms with Crippen LogP contribution in [0.15, 0.2) is 4.99 Å². The second-order valence-corrected chi connectivity index (χ2v) is 7.30. The minimum atomic E-state index is -0.513. The predicted octanol–water partition coefficient (Wildman–Crippen LogP) is 2.40. The van der Waals surface area contributed by atoms with Crippen LogP contribution in [0.3, 0.4) is 0 Å². The number of amides is 3. The molecule has 0 aromatic carbocycles. The first kappa shape index (κ1) is 16.3. The van der Waals surface area contributed by atoms with E-state index in [0.29, 0.717) is 18.4 Å². The summed E-state index contributed by atoms with van der Waals surface area (Å²) in [7, 11) is 1.71. The fraction of sp³-hybridized carbons (Fsp3) is 0.667. The standard InChI is InChI=1S/C18H26N5O2/c1-5-21-16(24)14-15(20(4)18(21)25)19-17-22(11(2)12(3)23(14)17)13-9-7-6-8-10-13/h13-14H,5-10H2,1-4H3/q+1. The van der Waals surface area contributed by atoms with Crippen molar-refractivity contribution in [3.8, 4) is 0 Å². The van der Waals surface area contributed by atoms with Crippen molar-refractivity contribution in [3.05, 3.63) is 11.4 Å². The van der Waals surface area contributed by atoms with Crippen LogP contribution in [0.5, 0.6) is 0 Å². The molecule has 1 aliphatic carbocycles. The minimum Gasteiger partial charge on any atom is -0.270 e. The molecule has 134 valence electrons. The number of carbonyl (C=O) groups excluding carboxylic acids is 2. The average Bonchev–Trinajstić information content (AvgIpc) is 3.11. The van der Waals surface area contributed by atoms with Crippen LogP contribution in [0.25, 0.3) is 0 Å². The van der Waals surface area contributed by atoms with Crippen LogP contribution in [0, 0.1) is 13.8 Å². The van der Waals surface area contributed by atoms with Gasteiger partial charge in [-0.2, -0.15) is 0 Å². The van der Waals surface area contributed by atoms with E-state index in [0.717, 1.165) is 24.5 Å². The van der Waals surface area contributed by atoms with Crippen molar-refractivity contribution in [1.82, 2.24) is 14.4 Å². The topological polar surface area (TPSA) is 61.8 Å². The lowest BCUT2D eigenvalue weighted by atomic mass is 9.95. The van der Waals surface area contributed by atoms with Gasteiger partial charge in [0.2, 0.25) is 11.9 Å². The first-order valence-corrected chi connectivity index (χ1v) is 9.28. The summed E-state index contributed by atoms with van der Waals surface area (Å²) in [6, 6.07) is -0.361. The quantitative estimate of drug-likeness (QED) is 0.774. The normalized spacial score (nSPS) is 23.8. The molecule has 7 nitrogen and oxygen atoms in total. The molecular formula is C18H26N5O2+. The molecule has 0 bridgehead atoms. The van der Waals surface area contributed by atoms with E-state index in [2.05, 4.69) is 18.4 Å². The summed E-state index contributed by atoms with van der Waals surface area (Å²) in [5.74, 6) is 1.22. The Morgan fingerprint density at radius 1 is 1.16 bits per heavy atom. The number of nitrogens with zero attached hydrogens (tertiary/aromatic N) is 5. The molecule has 7 heteroatoms. The van der Waals surface area contributed by atoms with Gasteiger partial charge >= 0.3 is 12.0 Å². The largest absolute Gasteiger partial charge is 0.402 e. The van der Waals surface area contributed by atoms with Crippen molar-refractivity contribution in [1.29, 1.82) is 0 Å². The van der Waals surface area contributed by atoms with Gasteiger partial charge in [-0.15, -0.1) is 0 Å². The molecule has 1 atom stereocenters. The fourth-order valence-corrected chi connectivity index (χ4v) is 4.53. The highest BCUT2D eigenvalue weighted by Gasteiger charge is 2.54. The number of likely N-dealkylation sites (N-methyl/N-ethyl adjacent to an activating group) is 2. The summed E-state index contributed by atoms with van der Waals surface area (Å²) in [4.78, 5) is 33.1. The van der Waals surface area contributed by atoms with Gasteiger partial charge in [0.25, 0.3) is 5.91 Å². The van der Waals surface area contributed by atoms with E-state index in [1.54, 1.807) is 7.05 Å². The van der Waals surface area contributed by atoms with Gasteiger partial charge in [0.1, 0.15) is 11.4 Å². The zero-order valence-corrected chi connectivity index (χ0v) is 15.4. The van der Waals surface area contributed by atoms with E-state index >= 15 is 0 Å². The first-order valence-electron chi connectivity index (χ1n) is 9.28. The number of imidazole rings is 1. The van der Waals surface area contributed by atoms with Gasteiger partial charge in [0.05, 0.1) is 6.04 Å². The lowest BCUT2D eigenvalue weighted by molar-refractivity contribution is -0.683. The number of hydrogen-bond donors (Lipinski definition) is 0. The Morgan fingerprint density at radius 2 is 1.84 bits per heavy atom. The summed E-state index contributed by atoms with van der Waals surface area (Å²) in [6.07, 6.45) is 6.08. The summed E-state index contributed by atoms with van der Waals surface area (Å²) in [6.45, 7) is 6.38. The number of rotatable bonds is 2. The average molecular weight is 344 g/mol. The Morgan fingerprint density at radius 3 is 2.48 bits per heavy atom. The van der Waals surface area contributed by atoms with Crippen LogP contribution in [-0.4, -0.2) is 45.7 Å². The van der Waals surface area contributed by atoms with Crippen molar-refractivity contribution in [3.63, 3.8) is 0 Å². The molecule has 1 saturated carbocycles. The second kappa shape index (κ2) is 5.68. The van der Waals surface area contributed by atoms with Gasteiger partial charge in [-0.3, -0.25) is 14.6 Å². The Bertz CT molecular complexity index is 788. The molecule has 3 heterocycles. The molecule has 1 unspecified atom stereocenters. The molecule has 4 rings (SSSR count). The monoisotopic (exact) mass is 344 g/mol. The molecule has 1 aromatic heterocycles. The van der Waals surface area contributed by atoms with Crippen molar-refractivity contribution >= 4 is 23.7 Å². The van der Waals surface area contributed by atoms with Gasteiger partial charge < -0.3 is 0 Å². The molecule has 1 saturated heterocycles. The number of hydrogen-bond acceptors (Lipinski definition) is 3. The summed E-state index contributed by atoms with van der Waals surface area (Å²) in [5.41, 5.74) is 2.25. The molecule has 2 aliphatic heterocycles. The minimum absolute atomic E-state index is 0.169. The van der Waals surface area contributed by atoms with E-state index < -0.39 is 6.04 Å². The van der Waals surface area contributed by atoms with Crippen LogP contribution in [0.1, 0.15) is 62.5 Å². The molecule has 3 amide bonds. The molecule has 0 spiro atoms. The third-order valence-electron chi connectivity index (χ3n) is 6.01. The molecule has 3 aliphatic rings. The number of amidine groups is 1. The molecule has 0 radical (unpaired) electrons. The molecule has 2 fully saturated rings. The molecule has 25 heavy (non-hydrogen) atoms. The Kier molecular flexibility index (Phi) is 3.70. The van der Waals surface area contributed by atoms with Crippen molar-refractivity contribution in [2.45, 2.75) is 65.0 Å². The number of fused-ring (bicyclic) bond motifs is 3. The lowest BCUT2D eigenvalue weighted by Gasteiger charge is -2.32. The van der Waals surface area contributed by atoms with Crippen LogP contribution in [-0.2, 0) is 4.79 Å². The lowest BCUT2D eigenvalue weighted by Crippen LogP contribution is -2.63. The number of aromatic nitrogens is 2. The van der Waals surface area contributed by atoms with Crippen molar-refractivity contribution in [2.24, 2.45) is 4.99 Å². The predicted molar refractivity (Wildman–Crippen MR) is 92.9 cm³/mol. The SMILES string of the molecule is CCN1C(=O)C2C(=Nc3n(C4CCCCC4)c(C)c(C)[n+]32)N(C)C1=O. The van der Waals surface area contributed by atoms with Crippen LogP contribution >= 0.6 is 0 Å². The Labute approximate surface area is 147 Å². The summed E-state index contributed by atoms with van der Waals surface area (Å²) in [5, 5.41) is 0. The van der Waals surface area contributed by atoms with Gasteiger partial charge in [-0.25, -0.2) is 13.9 Å². The number of carbonyl (C=O) groups is 2. The van der Waals surface area contributed by atoms with E-state index in [1.165, 1.54) is 34.8 Å². The highest BCUT2D eigenvalue weighted by Crippen LogP contribution is 2.37. The Hall–Kier alpha value is -2.18. The summed E-state index contributed by atoms with van der Waals surface area (Å²) < 4.78 is 4.34. The summed E-state index contributed by atoms with van der Waals surface area (Å²) >= 11 is 0. The maximum atomic E-state index is 13.0. The maximum absolute atomic E-state index is 13.0. The number of aliphatic imine (C=N–C) groups is 1. The van der Waals surface area contributed by atoms with Gasteiger partial charge in [0.15, 0.2) is 0 Å². The van der Waals surface area contributed by atoms with E-state index in [1.807, 2.05) is 11.5 Å². The van der Waals surface area contributed by atoms with Gasteiger partial charge in [-0.05, 0) is 46.5 Å². The molecular weight excluding hydrogens is 318 g/mol. The van der Waals surface area contributed by atoms with Crippen molar-refractivity contribution in [2.75, 3.05) is 13.6 Å². The van der Waals surface area contributed by atoms with Crippen LogP contribution in [0.4, 0.5) is 10.7 Å². The second-order valence-electron chi connectivity index (χ2n) is 7.30. The number of imide groups is 1. The highest BCUT2D eigenvalue weighted by atomic mass is 16.2. The fourth-order valence-electron chi connectivity index (χ4n) is 4.53. The highest BCUT2D eigenvalue weighted by molar-refractivity contribution is 6.19. The van der Waals surface area contributed by atoms with Crippen LogP contribution in [0.2, 0.25) is 0 Å². The van der Waals surface area contributed by atoms with E-state index in [4.69, 9.17) is 4.99 Å².